The summed E-state index contributed by atoms with van der Waals surface area (Å²) in [7, 11) is 1.45. The number of halogens is 4. The molecule has 3 aromatic heterocycles. The van der Waals surface area contributed by atoms with Crippen molar-refractivity contribution >= 4 is 17.6 Å². The smallest absolute Gasteiger partial charge is 0.354 e. The van der Waals surface area contributed by atoms with Gasteiger partial charge >= 0.3 is 6.18 Å². The number of amides is 2. The summed E-state index contributed by atoms with van der Waals surface area (Å²) in [5, 5.41) is 20.0. The first-order valence-corrected chi connectivity index (χ1v) is 10.5. The van der Waals surface area contributed by atoms with Crippen LogP contribution in [0.3, 0.4) is 0 Å². The minimum absolute atomic E-state index is 0.0248. The van der Waals surface area contributed by atoms with Gasteiger partial charge in [-0.05, 0) is 44.0 Å². The Morgan fingerprint density at radius 3 is 2.54 bits per heavy atom. The van der Waals surface area contributed by atoms with E-state index < -0.39 is 29.7 Å². The Morgan fingerprint density at radius 2 is 1.89 bits per heavy atom. The van der Waals surface area contributed by atoms with Gasteiger partial charge in [0.1, 0.15) is 6.17 Å². The van der Waals surface area contributed by atoms with Crippen LogP contribution in [0.5, 0.6) is 0 Å². The minimum Gasteiger partial charge on any atom is -0.354 e. The van der Waals surface area contributed by atoms with Crippen LogP contribution < -0.4 is 10.6 Å². The largest absolute Gasteiger partial charge is 0.416 e. The fourth-order valence-electron chi connectivity index (χ4n) is 3.12. The first-order chi connectivity index (χ1) is 16.5. The van der Waals surface area contributed by atoms with Gasteiger partial charge in [-0.25, -0.2) is 9.07 Å². The highest BCUT2D eigenvalue weighted by atomic mass is 19.4. The zero-order chi connectivity index (χ0) is 25.6. The molecular weight excluding hydrogens is 472 g/mol. The molecule has 0 bridgehead atoms. The number of alkyl halides is 4. The van der Waals surface area contributed by atoms with E-state index in [2.05, 4.69) is 36.1 Å². The van der Waals surface area contributed by atoms with Crippen LogP contribution in [0.25, 0.3) is 0 Å². The van der Waals surface area contributed by atoms with Crippen LogP contribution in [0.2, 0.25) is 0 Å². The summed E-state index contributed by atoms with van der Waals surface area (Å²) in [6.45, 7) is 1.32. The van der Waals surface area contributed by atoms with Gasteiger partial charge in [0.15, 0.2) is 11.5 Å². The number of pyridine rings is 1. The fraction of sp³-hybridized carbons (Fsp3) is 0.381. The van der Waals surface area contributed by atoms with Gasteiger partial charge in [0.2, 0.25) is 5.91 Å². The van der Waals surface area contributed by atoms with Gasteiger partial charge < -0.3 is 10.6 Å². The number of anilines is 1. The molecular formula is C21H22F4N8O2. The maximum atomic E-state index is 14.3. The van der Waals surface area contributed by atoms with Crippen LogP contribution in [0.15, 0.2) is 30.5 Å². The number of aryl methyl sites for hydroxylation is 2. The third kappa shape index (κ3) is 7.52. The second kappa shape index (κ2) is 11.0. The Morgan fingerprint density at radius 1 is 1.11 bits per heavy atom. The normalized spacial score (nSPS) is 12.3. The van der Waals surface area contributed by atoms with Crippen LogP contribution >= 0.6 is 0 Å². The van der Waals surface area contributed by atoms with Crippen LogP contribution in [0.4, 0.5) is 23.4 Å². The van der Waals surface area contributed by atoms with Gasteiger partial charge in [0.05, 0.1) is 36.1 Å². The SMILES string of the molecule is CNC(=O)c1cn(C[C@H](F)CCc2ccc(NC(=O)Cc3cc(C(F)(F)F)cc(C)n3)nn2)nn1. The summed E-state index contributed by atoms with van der Waals surface area (Å²) in [5.41, 5.74) is -0.191. The molecule has 10 nitrogen and oxygen atoms in total. The second-order valence-corrected chi connectivity index (χ2v) is 7.66. The van der Waals surface area contributed by atoms with E-state index in [9.17, 15) is 27.2 Å². The maximum absolute atomic E-state index is 14.3. The molecule has 1 atom stereocenters. The topological polar surface area (TPSA) is 128 Å². The van der Waals surface area contributed by atoms with Crippen LogP contribution in [0, 0.1) is 6.92 Å². The van der Waals surface area contributed by atoms with Gasteiger partial charge in [-0.3, -0.25) is 14.6 Å². The van der Waals surface area contributed by atoms with Crippen LogP contribution in [-0.4, -0.2) is 55.2 Å². The summed E-state index contributed by atoms with van der Waals surface area (Å²) in [6.07, 6.45) is -4.48. The molecule has 0 saturated carbocycles. The molecule has 3 aromatic rings. The number of carbonyl (C=O) groups excluding carboxylic acids is 2. The molecule has 0 aliphatic rings. The monoisotopic (exact) mass is 494 g/mol. The summed E-state index contributed by atoms with van der Waals surface area (Å²) in [5.74, 6) is -0.926. The van der Waals surface area contributed by atoms with Crippen molar-refractivity contribution in [2.45, 2.75) is 45.1 Å². The van der Waals surface area contributed by atoms with Crippen molar-refractivity contribution < 1.29 is 27.2 Å². The lowest BCUT2D eigenvalue weighted by Gasteiger charge is -2.10. The lowest BCUT2D eigenvalue weighted by Crippen LogP contribution is -2.18. The average Bonchev–Trinajstić information content (AvgIpc) is 3.25. The Bertz CT molecular complexity index is 1180. The second-order valence-electron chi connectivity index (χ2n) is 7.66. The standard InChI is InChI=1S/C21H22F4N8O2/c1-12-7-13(21(23,24)25)8-16(27-12)9-19(34)28-18-6-5-15(29-31-18)4-3-14(22)10-33-11-17(30-32-33)20(35)26-2/h5-8,11,14H,3-4,9-10H2,1-2H3,(H,26,35)(H,28,31,34)/t14-/m1/s1. The number of rotatable bonds is 9. The van der Waals surface area contributed by atoms with Crippen molar-refractivity contribution in [1.82, 2.24) is 35.5 Å². The zero-order valence-electron chi connectivity index (χ0n) is 18.8. The first-order valence-electron chi connectivity index (χ1n) is 10.5. The highest BCUT2D eigenvalue weighted by Gasteiger charge is 2.31. The number of aromatic nitrogens is 6. The third-order valence-electron chi connectivity index (χ3n) is 4.76. The lowest BCUT2D eigenvalue weighted by molar-refractivity contribution is -0.137. The number of hydrogen-bond donors (Lipinski definition) is 2. The van der Waals surface area contributed by atoms with E-state index in [0.717, 1.165) is 12.1 Å². The molecule has 0 saturated heterocycles. The first kappa shape index (κ1) is 25.6. The molecule has 2 N–H and O–H groups in total. The van der Waals surface area contributed by atoms with Gasteiger partial charge in [0.25, 0.3) is 5.91 Å². The van der Waals surface area contributed by atoms with Crippen molar-refractivity contribution in [2.75, 3.05) is 12.4 Å². The minimum atomic E-state index is -4.54. The predicted octanol–water partition coefficient (Wildman–Crippen LogP) is 2.30. The van der Waals surface area contributed by atoms with Gasteiger partial charge in [-0.2, -0.15) is 18.3 Å². The molecule has 35 heavy (non-hydrogen) atoms. The van der Waals surface area contributed by atoms with E-state index in [4.69, 9.17) is 0 Å². The number of hydrogen-bond acceptors (Lipinski definition) is 7. The van der Waals surface area contributed by atoms with Crippen LogP contribution in [0.1, 0.15) is 39.6 Å². The van der Waals surface area contributed by atoms with Crippen LogP contribution in [-0.2, 0) is 30.4 Å². The molecule has 0 aliphatic heterocycles. The van der Waals surface area contributed by atoms with Gasteiger partial charge in [0, 0.05) is 12.7 Å². The van der Waals surface area contributed by atoms with Crippen molar-refractivity contribution in [3.05, 3.63) is 58.8 Å². The molecule has 0 aliphatic carbocycles. The Labute approximate surface area is 197 Å². The van der Waals surface area contributed by atoms with E-state index in [1.165, 1.54) is 30.9 Å². The molecule has 0 unspecified atom stereocenters. The van der Waals surface area contributed by atoms with Gasteiger partial charge in [-0.1, -0.05) is 5.21 Å². The summed E-state index contributed by atoms with van der Waals surface area (Å²) >= 11 is 0. The predicted molar refractivity (Wildman–Crippen MR) is 115 cm³/mol. The van der Waals surface area contributed by atoms with E-state index in [1.54, 1.807) is 6.07 Å². The van der Waals surface area contributed by atoms with E-state index >= 15 is 0 Å². The molecule has 0 aromatic carbocycles. The summed E-state index contributed by atoms with van der Waals surface area (Å²) in [4.78, 5) is 27.6. The summed E-state index contributed by atoms with van der Waals surface area (Å²) < 4.78 is 54.4. The van der Waals surface area contributed by atoms with E-state index in [0.29, 0.717) is 5.69 Å². The molecule has 3 heterocycles. The molecule has 0 spiro atoms. The molecule has 0 fully saturated rings. The van der Waals surface area contributed by atoms with E-state index in [-0.39, 0.29) is 48.7 Å². The Hall–Kier alpha value is -3.97. The molecule has 2 amide bonds. The highest BCUT2D eigenvalue weighted by Crippen LogP contribution is 2.30. The van der Waals surface area contributed by atoms with Gasteiger partial charge in [-0.15, -0.1) is 10.2 Å². The molecule has 3 rings (SSSR count). The number of nitrogens with zero attached hydrogens (tertiary/aromatic N) is 6. The zero-order valence-corrected chi connectivity index (χ0v) is 18.8. The average molecular weight is 494 g/mol. The quantitative estimate of drug-likeness (QED) is 0.437. The Kier molecular flexibility index (Phi) is 8.04. The van der Waals surface area contributed by atoms with Crippen molar-refractivity contribution in [3.63, 3.8) is 0 Å². The number of carbonyl (C=O) groups is 2. The van der Waals surface area contributed by atoms with Crippen molar-refractivity contribution in [1.29, 1.82) is 0 Å². The van der Waals surface area contributed by atoms with Crippen molar-refractivity contribution in [2.24, 2.45) is 0 Å². The maximum Gasteiger partial charge on any atom is 0.416 e. The highest BCUT2D eigenvalue weighted by molar-refractivity contribution is 5.91. The third-order valence-corrected chi connectivity index (χ3v) is 4.76. The Balaban J connectivity index is 1.49. The fourth-order valence-corrected chi connectivity index (χ4v) is 3.12. The number of nitrogens with one attached hydrogen (secondary N) is 2. The molecule has 0 radical (unpaired) electrons. The van der Waals surface area contributed by atoms with Crippen molar-refractivity contribution in [3.8, 4) is 0 Å². The summed E-state index contributed by atoms with van der Waals surface area (Å²) in [6, 6.07) is 4.75. The molecule has 14 heteroatoms. The molecule has 186 valence electrons. The van der Waals surface area contributed by atoms with E-state index in [1.807, 2.05) is 0 Å². The lowest BCUT2D eigenvalue weighted by atomic mass is 10.1.